The summed E-state index contributed by atoms with van der Waals surface area (Å²) in [5.41, 5.74) is 3.10. The van der Waals surface area contributed by atoms with Crippen molar-refractivity contribution in [1.29, 1.82) is 0 Å². The second kappa shape index (κ2) is 5.31. The highest BCUT2D eigenvalue weighted by molar-refractivity contribution is 6.01. The van der Waals surface area contributed by atoms with Crippen molar-refractivity contribution in [1.82, 2.24) is 9.30 Å². The summed E-state index contributed by atoms with van der Waals surface area (Å²) in [4.78, 5) is 14.8. The number of piperidine rings is 1. The summed E-state index contributed by atoms with van der Waals surface area (Å²) in [5, 5.41) is 0. The highest BCUT2D eigenvalue weighted by Crippen LogP contribution is 2.25. The molecule has 0 N–H and O–H groups in total. The maximum atomic E-state index is 12.8. The Morgan fingerprint density at radius 3 is 2.60 bits per heavy atom. The fourth-order valence-electron chi connectivity index (χ4n) is 3.06. The monoisotopic (exact) mass is 270 g/mol. The zero-order valence-electron chi connectivity index (χ0n) is 12.3. The lowest BCUT2D eigenvalue weighted by Gasteiger charge is -2.26. The van der Waals surface area contributed by atoms with Gasteiger partial charge in [-0.1, -0.05) is 19.9 Å². The van der Waals surface area contributed by atoms with Gasteiger partial charge < -0.3 is 9.30 Å². The average molecular weight is 270 g/mol. The summed E-state index contributed by atoms with van der Waals surface area (Å²) in [6.07, 6.45) is 5.57. The minimum atomic E-state index is 0.195. The molecule has 1 aliphatic heterocycles. The lowest BCUT2D eigenvalue weighted by Crippen LogP contribution is -2.35. The molecule has 0 aliphatic carbocycles. The number of hydrogen-bond acceptors (Lipinski definition) is 1. The fourth-order valence-corrected chi connectivity index (χ4v) is 3.06. The van der Waals surface area contributed by atoms with Gasteiger partial charge >= 0.3 is 0 Å². The van der Waals surface area contributed by atoms with E-state index in [2.05, 4.69) is 30.5 Å². The number of pyridine rings is 1. The van der Waals surface area contributed by atoms with E-state index in [1.807, 2.05) is 23.1 Å². The number of hydrogen-bond donors (Lipinski definition) is 0. The van der Waals surface area contributed by atoms with E-state index in [0.29, 0.717) is 5.92 Å². The predicted octanol–water partition coefficient (Wildman–Crippen LogP) is 3.69. The molecular formula is C17H22N2O. The molecule has 1 amide bonds. The van der Waals surface area contributed by atoms with Crippen molar-refractivity contribution < 1.29 is 4.79 Å². The van der Waals surface area contributed by atoms with E-state index in [4.69, 9.17) is 0 Å². The molecule has 0 radical (unpaired) electrons. The third-order valence-electron chi connectivity index (χ3n) is 4.17. The molecule has 20 heavy (non-hydrogen) atoms. The molecule has 0 atom stereocenters. The molecule has 0 saturated carbocycles. The van der Waals surface area contributed by atoms with Gasteiger partial charge in [-0.15, -0.1) is 0 Å². The van der Waals surface area contributed by atoms with Crippen LogP contribution >= 0.6 is 0 Å². The Balaban J connectivity index is 2.04. The van der Waals surface area contributed by atoms with Crippen LogP contribution in [0.2, 0.25) is 0 Å². The van der Waals surface area contributed by atoms with Crippen molar-refractivity contribution in [2.45, 2.75) is 39.0 Å². The highest BCUT2D eigenvalue weighted by atomic mass is 16.2. The van der Waals surface area contributed by atoms with Crippen LogP contribution in [-0.2, 0) is 0 Å². The van der Waals surface area contributed by atoms with E-state index >= 15 is 0 Å². The van der Waals surface area contributed by atoms with Gasteiger partial charge in [0.05, 0.1) is 11.1 Å². The number of likely N-dealkylation sites (tertiary alicyclic amines) is 1. The molecule has 0 aromatic carbocycles. The molecule has 106 valence electrons. The number of fused-ring (bicyclic) bond motifs is 1. The molecule has 3 nitrogen and oxygen atoms in total. The van der Waals surface area contributed by atoms with Crippen molar-refractivity contribution in [2.24, 2.45) is 0 Å². The molecule has 3 rings (SSSR count). The highest BCUT2D eigenvalue weighted by Gasteiger charge is 2.22. The lowest BCUT2D eigenvalue weighted by atomic mass is 10.1. The quantitative estimate of drug-likeness (QED) is 0.817. The van der Waals surface area contributed by atoms with Crippen LogP contribution in [0.1, 0.15) is 55.1 Å². The van der Waals surface area contributed by atoms with Crippen molar-refractivity contribution in [2.75, 3.05) is 13.1 Å². The molecule has 1 fully saturated rings. The van der Waals surface area contributed by atoms with Crippen LogP contribution < -0.4 is 0 Å². The van der Waals surface area contributed by atoms with Crippen molar-refractivity contribution in [3.05, 3.63) is 41.7 Å². The zero-order chi connectivity index (χ0) is 14.1. The van der Waals surface area contributed by atoms with Gasteiger partial charge in [0.25, 0.3) is 5.91 Å². The zero-order valence-corrected chi connectivity index (χ0v) is 12.3. The van der Waals surface area contributed by atoms with Gasteiger partial charge in [0, 0.05) is 25.0 Å². The molecule has 2 aromatic heterocycles. The normalized spacial score (nSPS) is 16.1. The van der Waals surface area contributed by atoms with Crippen LogP contribution in [0, 0.1) is 0 Å². The summed E-state index contributed by atoms with van der Waals surface area (Å²) < 4.78 is 2.15. The lowest BCUT2D eigenvalue weighted by molar-refractivity contribution is 0.0726. The maximum absolute atomic E-state index is 12.8. The maximum Gasteiger partial charge on any atom is 0.256 e. The summed E-state index contributed by atoms with van der Waals surface area (Å²) in [6.45, 7) is 6.15. The second-order valence-corrected chi connectivity index (χ2v) is 5.95. The smallest absolute Gasteiger partial charge is 0.256 e. The van der Waals surface area contributed by atoms with Crippen molar-refractivity contribution in [3.63, 3.8) is 0 Å². The van der Waals surface area contributed by atoms with E-state index in [1.54, 1.807) is 0 Å². The number of carbonyl (C=O) groups excluding carboxylic acids is 1. The standard InChI is InChI=1S/C17H22N2O/c1-13(2)16-12-14(15-8-4-7-11-19(15)16)17(20)18-9-5-3-6-10-18/h4,7-8,11-13H,3,5-6,9-10H2,1-2H3. The number of amides is 1. The molecule has 0 bridgehead atoms. The molecule has 0 unspecified atom stereocenters. The third-order valence-corrected chi connectivity index (χ3v) is 4.17. The first kappa shape index (κ1) is 13.2. The van der Waals surface area contributed by atoms with E-state index < -0.39 is 0 Å². The summed E-state index contributed by atoms with van der Waals surface area (Å²) >= 11 is 0. The van der Waals surface area contributed by atoms with E-state index in [9.17, 15) is 4.79 Å². The largest absolute Gasteiger partial charge is 0.339 e. The molecule has 3 heteroatoms. The SMILES string of the molecule is CC(C)c1cc(C(=O)N2CCCCC2)c2ccccn12. The Bertz CT molecular complexity index is 621. The Morgan fingerprint density at radius 2 is 1.90 bits per heavy atom. The van der Waals surface area contributed by atoms with Gasteiger partial charge in [-0.3, -0.25) is 4.79 Å². The fraction of sp³-hybridized carbons (Fsp3) is 0.471. The molecule has 3 heterocycles. The second-order valence-electron chi connectivity index (χ2n) is 5.95. The Labute approximate surface area is 120 Å². The predicted molar refractivity (Wildman–Crippen MR) is 81.2 cm³/mol. The number of rotatable bonds is 2. The average Bonchev–Trinajstić information content (AvgIpc) is 2.87. The van der Waals surface area contributed by atoms with E-state index in [1.165, 1.54) is 12.1 Å². The Morgan fingerprint density at radius 1 is 1.15 bits per heavy atom. The first-order valence-electron chi connectivity index (χ1n) is 7.58. The molecular weight excluding hydrogens is 248 g/mol. The summed E-state index contributed by atoms with van der Waals surface area (Å²) in [6, 6.07) is 8.15. The van der Waals surface area contributed by atoms with Crippen molar-refractivity contribution >= 4 is 11.4 Å². The van der Waals surface area contributed by atoms with Crippen LogP contribution in [0.15, 0.2) is 30.5 Å². The Hall–Kier alpha value is -1.77. The summed E-state index contributed by atoms with van der Waals surface area (Å²) in [7, 11) is 0. The van der Waals surface area contributed by atoms with Gasteiger partial charge in [-0.2, -0.15) is 0 Å². The minimum Gasteiger partial charge on any atom is -0.339 e. The van der Waals surface area contributed by atoms with Crippen LogP contribution in [-0.4, -0.2) is 28.3 Å². The number of carbonyl (C=O) groups is 1. The third kappa shape index (κ3) is 2.21. The van der Waals surface area contributed by atoms with Crippen molar-refractivity contribution in [3.8, 4) is 0 Å². The van der Waals surface area contributed by atoms with E-state index in [0.717, 1.165) is 37.0 Å². The van der Waals surface area contributed by atoms with Crippen LogP contribution in [0.5, 0.6) is 0 Å². The molecule has 1 saturated heterocycles. The molecule has 0 spiro atoms. The van der Waals surface area contributed by atoms with Gasteiger partial charge in [0.1, 0.15) is 0 Å². The number of aromatic nitrogens is 1. The number of nitrogens with zero attached hydrogens (tertiary/aromatic N) is 2. The molecule has 2 aromatic rings. The van der Waals surface area contributed by atoms with Crippen LogP contribution in [0.4, 0.5) is 0 Å². The topological polar surface area (TPSA) is 24.7 Å². The van der Waals surface area contributed by atoms with Crippen LogP contribution in [0.25, 0.3) is 5.52 Å². The first-order chi connectivity index (χ1) is 9.68. The van der Waals surface area contributed by atoms with Gasteiger partial charge in [0.2, 0.25) is 0 Å². The minimum absolute atomic E-state index is 0.195. The van der Waals surface area contributed by atoms with E-state index in [-0.39, 0.29) is 5.91 Å². The first-order valence-corrected chi connectivity index (χ1v) is 7.58. The van der Waals surface area contributed by atoms with Gasteiger partial charge in [0.15, 0.2) is 0 Å². The Kier molecular flexibility index (Phi) is 3.51. The van der Waals surface area contributed by atoms with Crippen LogP contribution in [0.3, 0.4) is 0 Å². The van der Waals surface area contributed by atoms with Gasteiger partial charge in [-0.05, 0) is 43.4 Å². The molecule has 1 aliphatic rings. The van der Waals surface area contributed by atoms with Gasteiger partial charge in [-0.25, -0.2) is 0 Å². The summed E-state index contributed by atoms with van der Waals surface area (Å²) in [5.74, 6) is 0.605.